The summed E-state index contributed by atoms with van der Waals surface area (Å²) in [5, 5.41) is 9.25. The number of ether oxygens (including phenoxy) is 1. The first-order valence-corrected chi connectivity index (χ1v) is 9.85. The third-order valence-electron chi connectivity index (χ3n) is 4.68. The molecule has 4 nitrogen and oxygen atoms in total. The van der Waals surface area contributed by atoms with E-state index in [0.29, 0.717) is 17.3 Å². The second-order valence-electron chi connectivity index (χ2n) is 6.44. The fourth-order valence-corrected chi connectivity index (χ4v) is 4.01. The highest BCUT2D eigenvalue weighted by molar-refractivity contribution is 7.10. The van der Waals surface area contributed by atoms with Gasteiger partial charge in [0.2, 0.25) is 0 Å². The van der Waals surface area contributed by atoms with Gasteiger partial charge in [-0.15, -0.1) is 0 Å². The lowest BCUT2D eigenvalue weighted by Crippen LogP contribution is -2.03. The zero-order valence-corrected chi connectivity index (χ0v) is 17.0. The normalized spacial score (nSPS) is 10.9. The lowest BCUT2D eigenvalue weighted by molar-refractivity contribution is -0.136. The van der Waals surface area contributed by atoms with Gasteiger partial charge in [-0.05, 0) is 72.3 Å². The maximum Gasteiger partial charge on any atom is 0.303 e. The van der Waals surface area contributed by atoms with Gasteiger partial charge < -0.3 is 9.84 Å². The van der Waals surface area contributed by atoms with Crippen LogP contribution in [0.4, 0.5) is 4.39 Å². The van der Waals surface area contributed by atoms with E-state index in [2.05, 4.69) is 4.37 Å². The molecule has 0 amide bonds. The number of hydrogen-bond donors (Lipinski definition) is 1. The van der Waals surface area contributed by atoms with E-state index in [4.69, 9.17) is 21.4 Å². The number of aryl methyl sites for hydroxylation is 1. The highest BCUT2D eigenvalue weighted by Gasteiger charge is 2.16. The van der Waals surface area contributed by atoms with Crippen molar-refractivity contribution in [3.8, 4) is 16.2 Å². The van der Waals surface area contributed by atoms with Gasteiger partial charge in [0.05, 0.1) is 4.88 Å². The summed E-state index contributed by atoms with van der Waals surface area (Å²) >= 11 is 7.50. The lowest BCUT2D eigenvalue weighted by Gasteiger charge is -2.14. The van der Waals surface area contributed by atoms with E-state index < -0.39 is 5.97 Å². The molecule has 28 heavy (non-hydrogen) atoms. The van der Waals surface area contributed by atoms with Crippen LogP contribution in [-0.4, -0.2) is 15.4 Å². The van der Waals surface area contributed by atoms with E-state index in [9.17, 15) is 9.18 Å². The van der Waals surface area contributed by atoms with Gasteiger partial charge in [-0.3, -0.25) is 4.79 Å². The molecule has 1 aromatic heterocycles. The van der Waals surface area contributed by atoms with Gasteiger partial charge in [-0.25, -0.2) is 4.39 Å². The Hall–Kier alpha value is -2.44. The monoisotopic (exact) mass is 419 g/mol. The van der Waals surface area contributed by atoms with Crippen molar-refractivity contribution in [2.45, 2.75) is 33.3 Å². The van der Waals surface area contributed by atoms with Crippen molar-refractivity contribution in [3.05, 3.63) is 69.6 Å². The average molecular weight is 420 g/mol. The minimum absolute atomic E-state index is 0.0949. The van der Waals surface area contributed by atoms with Crippen LogP contribution < -0.4 is 4.74 Å². The number of hydrogen-bond acceptors (Lipinski definition) is 4. The fourth-order valence-electron chi connectivity index (χ4n) is 2.91. The molecular weight excluding hydrogens is 401 g/mol. The molecule has 0 aliphatic rings. The number of benzene rings is 2. The molecule has 0 atom stereocenters. The molecule has 0 aliphatic heterocycles. The zero-order valence-electron chi connectivity index (χ0n) is 15.5. The molecule has 2 aromatic carbocycles. The molecule has 7 heteroatoms. The predicted molar refractivity (Wildman–Crippen MR) is 109 cm³/mol. The zero-order chi connectivity index (χ0) is 20.3. The molecule has 0 spiro atoms. The van der Waals surface area contributed by atoms with Crippen molar-refractivity contribution in [2.75, 3.05) is 0 Å². The molecule has 0 fully saturated rings. The van der Waals surface area contributed by atoms with E-state index in [1.54, 1.807) is 12.1 Å². The van der Waals surface area contributed by atoms with Crippen LogP contribution in [0.2, 0.25) is 5.15 Å². The summed E-state index contributed by atoms with van der Waals surface area (Å²) in [5.74, 6) is -0.402. The largest absolute Gasteiger partial charge is 0.488 e. The third-order valence-corrected chi connectivity index (χ3v) is 6.03. The summed E-state index contributed by atoms with van der Waals surface area (Å²) in [4.78, 5) is 11.7. The van der Waals surface area contributed by atoms with Crippen LogP contribution in [0.15, 0.2) is 36.4 Å². The van der Waals surface area contributed by atoms with E-state index in [0.717, 1.165) is 32.7 Å². The van der Waals surface area contributed by atoms with E-state index in [1.807, 2.05) is 26.0 Å². The molecule has 1 heterocycles. The van der Waals surface area contributed by atoms with Gasteiger partial charge in [0, 0.05) is 12.0 Å². The molecular formula is C21H19ClFNO3S. The number of aromatic nitrogens is 1. The van der Waals surface area contributed by atoms with E-state index in [1.165, 1.54) is 23.7 Å². The number of nitrogens with zero attached hydrogens (tertiary/aromatic N) is 1. The van der Waals surface area contributed by atoms with Crippen molar-refractivity contribution < 1.29 is 19.0 Å². The van der Waals surface area contributed by atoms with Crippen molar-refractivity contribution >= 4 is 29.1 Å². The maximum absolute atomic E-state index is 13.2. The van der Waals surface area contributed by atoms with Gasteiger partial charge in [0.15, 0.2) is 0 Å². The van der Waals surface area contributed by atoms with Crippen LogP contribution >= 0.6 is 23.1 Å². The Labute approximate surface area is 171 Å². The molecule has 3 aromatic rings. The lowest BCUT2D eigenvalue weighted by atomic mass is 9.99. The molecule has 0 aliphatic carbocycles. The molecule has 0 saturated carbocycles. The van der Waals surface area contributed by atoms with Gasteiger partial charge in [-0.2, -0.15) is 4.37 Å². The van der Waals surface area contributed by atoms with Crippen molar-refractivity contribution in [1.82, 2.24) is 4.37 Å². The Kier molecular flexibility index (Phi) is 6.31. The first kappa shape index (κ1) is 20.3. The number of carboxylic acids is 1. The van der Waals surface area contributed by atoms with E-state index in [-0.39, 0.29) is 18.8 Å². The smallest absolute Gasteiger partial charge is 0.303 e. The first-order valence-electron chi connectivity index (χ1n) is 8.70. The van der Waals surface area contributed by atoms with Gasteiger partial charge in [0.25, 0.3) is 0 Å². The average Bonchev–Trinajstić information content (AvgIpc) is 3.03. The topological polar surface area (TPSA) is 59.4 Å². The second kappa shape index (κ2) is 8.71. The number of halogens is 2. The summed E-state index contributed by atoms with van der Waals surface area (Å²) in [6.45, 7) is 4.14. The van der Waals surface area contributed by atoms with Crippen LogP contribution in [0, 0.1) is 19.7 Å². The quantitative estimate of drug-likeness (QED) is 0.524. The Morgan fingerprint density at radius 1 is 1.18 bits per heavy atom. The van der Waals surface area contributed by atoms with Crippen LogP contribution in [0.1, 0.15) is 28.7 Å². The third kappa shape index (κ3) is 4.51. The minimum atomic E-state index is -0.815. The van der Waals surface area contributed by atoms with Crippen molar-refractivity contribution in [2.24, 2.45) is 0 Å². The van der Waals surface area contributed by atoms with Crippen molar-refractivity contribution in [1.29, 1.82) is 0 Å². The number of aliphatic carboxylic acids is 1. The summed E-state index contributed by atoms with van der Waals surface area (Å²) in [5.41, 5.74) is 4.57. The molecule has 3 rings (SSSR count). The molecule has 0 unspecified atom stereocenters. The molecule has 0 saturated heterocycles. The highest BCUT2D eigenvalue weighted by atomic mass is 35.5. The van der Waals surface area contributed by atoms with Crippen LogP contribution in [0.3, 0.4) is 0 Å². The maximum atomic E-state index is 13.2. The SMILES string of the molecule is Cc1c(CCC(=O)O)ccc(OCc2c(Cl)nsc2-c2ccc(F)cc2)c1C. The van der Waals surface area contributed by atoms with Crippen LogP contribution in [-0.2, 0) is 17.8 Å². The standard InChI is InChI=1S/C21H19ClFNO3S/c1-12-13(2)18(9-5-14(12)6-10-19(25)26)27-11-17-20(28-24-21(17)22)15-3-7-16(23)8-4-15/h3-5,7-9H,6,10-11H2,1-2H3,(H,25,26). The Morgan fingerprint density at radius 3 is 2.57 bits per heavy atom. The van der Waals surface area contributed by atoms with Gasteiger partial charge in [0.1, 0.15) is 23.3 Å². The molecule has 0 radical (unpaired) electrons. The Morgan fingerprint density at radius 2 is 1.89 bits per heavy atom. The predicted octanol–water partition coefficient (Wildman–Crippen LogP) is 5.82. The molecule has 0 bridgehead atoms. The Balaban J connectivity index is 1.79. The second-order valence-corrected chi connectivity index (χ2v) is 7.57. The molecule has 146 valence electrons. The van der Waals surface area contributed by atoms with Gasteiger partial charge in [-0.1, -0.05) is 29.8 Å². The highest BCUT2D eigenvalue weighted by Crippen LogP contribution is 2.35. The summed E-state index contributed by atoms with van der Waals surface area (Å²) in [7, 11) is 0. The summed E-state index contributed by atoms with van der Waals surface area (Å²) < 4.78 is 23.4. The number of rotatable bonds is 7. The van der Waals surface area contributed by atoms with E-state index >= 15 is 0 Å². The minimum Gasteiger partial charge on any atom is -0.488 e. The summed E-state index contributed by atoms with van der Waals surface area (Å²) in [6, 6.07) is 9.93. The van der Waals surface area contributed by atoms with Crippen LogP contribution in [0.25, 0.3) is 10.4 Å². The first-order chi connectivity index (χ1) is 13.4. The van der Waals surface area contributed by atoms with Crippen molar-refractivity contribution in [3.63, 3.8) is 0 Å². The Bertz CT molecular complexity index is 1000. The number of carbonyl (C=O) groups is 1. The number of carboxylic acid groups (broad SMARTS) is 1. The van der Waals surface area contributed by atoms with Gasteiger partial charge >= 0.3 is 5.97 Å². The van der Waals surface area contributed by atoms with Crippen LogP contribution in [0.5, 0.6) is 5.75 Å². The summed E-state index contributed by atoms with van der Waals surface area (Å²) in [6.07, 6.45) is 0.578. The molecule has 1 N–H and O–H groups in total. The fraction of sp³-hybridized carbons (Fsp3) is 0.238.